The Morgan fingerprint density at radius 3 is 2.29 bits per heavy atom. The van der Waals surface area contributed by atoms with Gasteiger partial charge in [-0.25, -0.2) is 0 Å². The maximum absolute atomic E-state index is 4.08. The maximum atomic E-state index is 4.08. The summed E-state index contributed by atoms with van der Waals surface area (Å²) in [5, 5.41) is 0. The molecule has 0 aromatic heterocycles. The smallest absolute Gasteiger partial charge is 0.0355 e. The second kappa shape index (κ2) is 5.19. The van der Waals surface area contributed by atoms with E-state index in [0.29, 0.717) is 0 Å². The molecule has 1 rings (SSSR count). The Balaban J connectivity index is 2.63. The molecule has 0 aromatic carbocycles. The molecule has 1 aliphatic carbocycles. The fourth-order valence-electron chi connectivity index (χ4n) is 3.14. The molecule has 14 heavy (non-hydrogen) atoms. The number of hydrogen-bond acceptors (Lipinski definition) is 0. The summed E-state index contributed by atoms with van der Waals surface area (Å²) in [6.07, 6.45) is 5.46. The Bertz CT molecular complexity index is 159. The standard InChI is InChI=1S/C14H27/c1-6-12(5)14-9-11(4)7-8-13(14)10(2)3/h10-14H,1,6-9H2,2-5H3. The van der Waals surface area contributed by atoms with Gasteiger partial charge in [0, 0.05) is 0 Å². The highest BCUT2D eigenvalue weighted by Gasteiger charge is 2.33. The topological polar surface area (TPSA) is 0 Å². The Morgan fingerprint density at radius 2 is 1.79 bits per heavy atom. The molecule has 0 N–H and O–H groups in total. The molecule has 0 saturated heterocycles. The van der Waals surface area contributed by atoms with Gasteiger partial charge in [0.2, 0.25) is 0 Å². The van der Waals surface area contributed by atoms with Gasteiger partial charge < -0.3 is 0 Å². The molecule has 1 aliphatic rings. The molecule has 1 fully saturated rings. The van der Waals surface area contributed by atoms with Gasteiger partial charge in [-0.15, -0.1) is 0 Å². The van der Waals surface area contributed by atoms with Gasteiger partial charge in [0.05, 0.1) is 0 Å². The first-order valence-electron chi connectivity index (χ1n) is 6.35. The number of hydrogen-bond donors (Lipinski definition) is 0. The van der Waals surface area contributed by atoms with Crippen molar-refractivity contribution in [3.05, 3.63) is 6.92 Å². The van der Waals surface area contributed by atoms with E-state index in [2.05, 4.69) is 34.6 Å². The minimum Gasteiger partial charge on any atom is -0.0625 e. The van der Waals surface area contributed by atoms with Crippen LogP contribution in [0.2, 0.25) is 0 Å². The summed E-state index contributed by atoms with van der Waals surface area (Å²) in [6.45, 7) is 13.7. The third-order valence-corrected chi connectivity index (χ3v) is 4.26. The third-order valence-electron chi connectivity index (χ3n) is 4.26. The predicted molar refractivity (Wildman–Crippen MR) is 64.0 cm³/mol. The maximum Gasteiger partial charge on any atom is -0.0355 e. The predicted octanol–water partition coefficient (Wildman–Crippen LogP) is 4.56. The molecule has 0 bridgehead atoms. The van der Waals surface area contributed by atoms with Crippen molar-refractivity contribution in [2.24, 2.45) is 29.6 Å². The zero-order chi connectivity index (χ0) is 10.7. The molecule has 83 valence electrons. The Morgan fingerprint density at radius 1 is 1.14 bits per heavy atom. The van der Waals surface area contributed by atoms with Crippen LogP contribution in [0.4, 0.5) is 0 Å². The SMILES string of the molecule is [CH2]CC(C)C1CC(C)CCC1C(C)C. The van der Waals surface area contributed by atoms with Gasteiger partial charge >= 0.3 is 0 Å². The molecular formula is C14H27. The summed E-state index contributed by atoms with van der Waals surface area (Å²) < 4.78 is 0. The zero-order valence-electron chi connectivity index (χ0n) is 10.4. The van der Waals surface area contributed by atoms with Crippen LogP contribution >= 0.6 is 0 Å². The van der Waals surface area contributed by atoms with E-state index >= 15 is 0 Å². The Kier molecular flexibility index (Phi) is 4.47. The first-order valence-corrected chi connectivity index (χ1v) is 6.35. The highest BCUT2D eigenvalue weighted by atomic mass is 14.4. The van der Waals surface area contributed by atoms with Crippen molar-refractivity contribution in [1.82, 2.24) is 0 Å². The lowest BCUT2D eigenvalue weighted by Gasteiger charge is -2.40. The summed E-state index contributed by atoms with van der Waals surface area (Å²) in [5.74, 6) is 4.54. The van der Waals surface area contributed by atoms with Crippen LogP contribution in [0.5, 0.6) is 0 Å². The van der Waals surface area contributed by atoms with Crippen molar-refractivity contribution < 1.29 is 0 Å². The van der Waals surface area contributed by atoms with Crippen molar-refractivity contribution >= 4 is 0 Å². The lowest BCUT2D eigenvalue weighted by atomic mass is 9.65. The van der Waals surface area contributed by atoms with Gasteiger partial charge in [-0.3, -0.25) is 0 Å². The van der Waals surface area contributed by atoms with E-state index in [4.69, 9.17) is 0 Å². The van der Waals surface area contributed by atoms with E-state index in [9.17, 15) is 0 Å². The molecule has 0 aromatic rings. The summed E-state index contributed by atoms with van der Waals surface area (Å²) in [5.41, 5.74) is 0. The van der Waals surface area contributed by atoms with Crippen LogP contribution in [0.3, 0.4) is 0 Å². The van der Waals surface area contributed by atoms with Gasteiger partial charge in [-0.1, -0.05) is 47.5 Å². The molecule has 0 spiro atoms. The average Bonchev–Trinajstić information content (AvgIpc) is 2.16. The van der Waals surface area contributed by atoms with Crippen molar-refractivity contribution in [3.63, 3.8) is 0 Å². The number of rotatable bonds is 3. The van der Waals surface area contributed by atoms with Gasteiger partial charge in [-0.05, 0) is 42.4 Å². The minimum atomic E-state index is 0.824. The molecule has 0 aliphatic heterocycles. The Hall–Kier alpha value is 0. The van der Waals surface area contributed by atoms with Crippen LogP contribution in [0.15, 0.2) is 0 Å². The fraction of sp³-hybridized carbons (Fsp3) is 0.929. The van der Waals surface area contributed by atoms with E-state index in [1.165, 1.54) is 19.3 Å². The van der Waals surface area contributed by atoms with E-state index in [-0.39, 0.29) is 0 Å². The van der Waals surface area contributed by atoms with Crippen molar-refractivity contribution in [3.8, 4) is 0 Å². The van der Waals surface area contributed by atoms with E-state index in [0.717, 1.165) is 36.0 Å². The molecule has 0 nitrogen and oxygen atoms in total. The summed E-state index contributed by atoms with van der Waals surface area (Å²) in [4.78, 5) is 0. The van der Waals surface area contributed by atoms with Gasteiger partial charge in [0.1, 0.15) is 0 Å². The van der Waals surface area contributed by atoms with Gasteiger partial charge in [-0.2, -0.15) is 0 Å². The summed E-state index contributed by atoms with van der Waals surface area (Å²) >= 11 is 0. The van der Waals surface area contributed by atoms with Gasteiger partial charge in [0.15, 0.2) is 0 Å². The average molecular weight is 195 g/mol. The van der Waals surface area contributed by atoms with Crippen LogP contribution in [0.25, 0.3) is 0 Å². The lowest BCUT2D eigenvalue weighted by Crippen LogP contribution is -2.31. The second-order valence-electron chi connectivity index (χ2n) is 5.76. The molecule has 0 heteroatoms. The van der Waals surface area contributed by atoms with E-state index in [1.807, 2.05) is 0 Å². The third kappa shape index (κ3) is 2.74. The lowest BCUT2D eigenvalue weighted by molar-refractivity contribution is 0.0995. The van der Waals surface area contributed by atoms with Crippen LogP contribution in [0, 0.1) is 36.5 Å². The summed E-state index contributed by atoms with van der Waals surface area (Å²) in [6, 6.07) is 0. The molecule has 1 saturated carbocycles. The van der Waals surface area contributed by atoms with E-state index in [1.54, 1.807) is 0 Å². The van der Waals surface area contributed by atoms with Crippen molar-refractivity contribution in [2.75, 3.05) is 0 Å². The van der Waals surface area contributed by atoms with Crippen LogP contribution in [-0.4, -0.2) is 0 Å². The first-order chi connectivity index (χ1) is 6.56. The van der Waals surface area contributed by atoms with Crippen LogP contribution in [0.1, 0.15) is 53.4 Å². The highest BCUT2D eigenvalue weighted by Crippen LogP contribution is 2.42. The van der Waals surface area contributed by atoms with Crippen molar-refractivity contribution in [1.29, 1.82) is 0 Å². The molecule has 0 heterocycles. The zero-order valence-corrected chi connectivity index (χ0v) is 10.4. The molecule has 4 unspecified atom stereocenters. The van der Waals surface area contributed by atoms with Gasteiger partial charge in [0.25, 0.3) is 0 Å². The quantitative estimate of drug-likeness (QED) is 0.619. The monoisotopic (exact) mass is 195 g/mol. The molecule has 0 amide bonds. The van der Waals surface area contributed by atoms with Crippen molar-refractivity contribution in [2.45, 2.75) is 53.4 Å². The minimum absolute atomic E-state index is 0.824. The largest absolute Gasteiger partial charge is 0.0625 e. The Labute approximate surface area is 90.5 Å². The first kappa shape index (κ1) is 12.1. The normalized spacial score (nSPS) is 36.0. The molecular weight excluding hydrogens is 168 g/mol. The van der Waals surface area contributed by atoms with E-state index < -0.39 is 0 Å². The fourth-order valence-corrected chi connectivity index (χ4v) is 3.14. The molecule has 1 radical (unpaired) electrons. The highest BCUT2D eigenvalue weighted by molar-refractivity contribution is 4.83. The second-order valence-corrected chi connectivity index (χ2v) is 5.76. The summed E-state index contributed by atoms with van der Waals surface area (Å²) in [7, 11) is 0. The van der Waals surface area contributed by atoms with Crippen LogP contribution in [-0.2, 0) is 0 Å². The van der Waals surface area contributed by atoms with Crippen LogP contribution < -0.4 is 0 Å². The molecule has 4 atom stereocenters.